The number of hydrogen-bond acceptors (Lipinski definition) is 9. The third-order valence-electron chi connectivity index (χ3n) is 6.40. The zero-order valence-corrected chi connectivity index (χ0v) is 24.9. The molecule has 0 spiro atoms. The van der Waals surface area contributed by atoms with Crippen molar-refractivity contribution in [1.82, 2.24) is 16.0 Å². The molecule has 0 unspecified atom stereocenters. The Morgan fingerprint density at radius 2 is 1.74 bits per heavy atom. The number of ether oxygens (including phenoxy) is 1. The van der Waals surface area contributed by atoms with E-state index < -0.39 is 64.9 Å². The van der Waals surface area contributed by atoms with E-state index in [1.165, 1.54) is 25.1 Å². The van der Waals surface area contributed by atoms with Gasteiger partial charge in [-0.2, -0.15) is 13.2 Å². The molecule has 250 valence electrons. The lowest BCUT2D eigenvalue weighted by atomic mass is 9.99. The number of nitro benzene ring substituents is 1. The number of carboxylic acids is 1. The van der Waals surface area contributed by atoms with Crippen LogP contribution in [0.4, 0.5) is 18.9 Å². The molecule has 4 amide bonds. The van der Waals surface area contributed by atoms with E-state index in [2.05, 4.69) is 21.7 Å². The second-order valence-electron chi connectivity index (χ2n) is 10.7. The number of nitrogens with one attached hydrogen (secondary N) is 3. The number of alkyl halides is 3. The number of fused-ring (bicyclic) bond motifs is 9. The molecule has 0 aliphatic carbocycles. The van der Waals surface area contributed by atoms with Gasteiger partial charge in [0.1, 0.15) is 29.8 Å². The number of carbonyl (C=O) groups excluding carboxylic acids is 5. The molecule has 0 fully saturated rings. The number of nitro groups is 1. The Bertz CT molecular complexity index is 1480. The van der Waals surface area contributed by atoms with Gasteiger partial charge in [-0.3, -0.25) is 29.3 Å². The minimum absolute atomic E-state index is 0.00370. The number of benzene rings is 2. The Morgan fingerprint density at radius 1 is 1.11 bits per heavy atom. The summed E-state index contributed by atoms with van der Waals surface area (Å²) < 4.78 is 37.4. The largest absolute Gasteiger partial charge is 0.542 e. The van der Waals surface area contributed by atoms with Gasteiger partial charge < -0.3 is 42.1 Å². The number of aliphatic carboxylic acids is 1. The summed E-state index contributed by atoms with van der Waals surface area (Å²) in [6.07, 6.45) is -4.85. The van der Waals surface area contributed by atoms with Gasteiger partial charge >= 0.3 is 11.9 Å². The van der Waals surface area contributed by atoms with Crippen molar-refractivity contribution in [2.75, 3.05) is 0 Å². The molecule has 2 heterocycles. The maximum Gasteiger partial charge on any atom is 0.430 e. The molecule has 8 N–H and O–H groups in total. The first-order valence-electron chi connectivity index (χ1n) is 13.7. The van der Waals surface area contributed by atoms with Gasteiger partial charge in [-0.1, -0.05) is 32.0 Å². The number of halogens is 3. The maximum absolute atomic E-state index is 13.4. The van der Waals surface area contributed by atoms with Gasteiger partial charge in [-0.05, 0) is 48.6 Å². The Kier molecular flexibility index (Phi) is 12.6. The van der Waals surface area contributed by atoms with E-state index in [4.69, 9.17) is 20.4 Å². The summed E-state index contributed by atoms with van der Waals surface area (Å²) >= 11 is 0. The van der Waals surface area contributed by atoms with Crippen molar-refractivity contribution in [3.63, 3.8) is 0 Å². The number of quaternary nitrogens is 1. The average molecular weight is 655 g/mol. The Balaban J connectivity index is 0.000000942. The third kappa shape index (κ3) is 10.7. The molecule has 0 saturated carbocycles. The molecule has 0 saturated heterocycles. The number of nitrogens with zero attached hydrogens (tertiary/aromatic N) is 1. The fourth-order valence-corrected chi connectivity index (χ4v) is 4.08. The van der Waals surface area contributed by atoms with E-state index in [0.29, 0.717) is 5.56 Å². The van der Waals surface area contributed by atoms with Crippen LogP contribution in [0, 0.1) is 16.0 Å². The number of primary amides is 1. The molecule has 15 nitrogen and oxygen atoms in total. The van der Waals surface area contributed by atoms with Gasteiger partial charge in [-0.15, -0.1) is 0 Å². The molecule has 2 aromatic carbocycles. The van der Waals surface area contributed by atoms with E-state index in [1.807, 2.05) is 13.8 Å². The van der Waals surface area contributed by atoms with Gasteiger partial charge in [0.05, 0.1) is 4.92 Å². The van der Waals surface area contributed by atoms with Crippen LogP contribution in [0.1, 0.15) is 44.4 Å². The molecule has 18 heteroatoms. The minimum atomic E-state index is -5.19. The highest BCUT2D eigenvalue weighted by Crippen LogP contribution is 2.33. The van der Waals surface area contributed by atoms with E-state index in [-0.39, 0.29) is 41.5 Å². The van der Waals surface area contributed by atoms with Crippen LogP contribution in [0.15, 0.2) is 42.5 Å². The zero-order chi connectivity index (χ0) is 34.9. The van der Waals surface area contributed by atoms with Gasteiger partial charge in [-0.25, -0.2) is 0 Å². The fourth-order valence-electron chi connectivity index (χ4n) is 4.08. The van der Waals surface area contributed by atoms with E-state index in [9.17, 15) is 42.5 Å². The highest BCUT2D eigenvalue weighted by Gasteiger charge is 2.32. The van der Waals surface area contributed by atoms with Crippen molar-refractivity contribution in [3.05, 3.63) is 63.7 Å². The zero-order valence-electron chi connectivity index (χ0n) is 24.9. The van der Waals surface area contributed by atoms with Crippen LogP contribution in [-0.4, -0.2) is 58.8 Å². The number of hydrogen-bond donors (Lipinski definition) is 5. The van der Waals surface area contributed by atoms with Gasteiger partial charge in [0.25, 0.3) is 5.91 Å². The lowest BCUT2D eigenvalue weighted by Crippen LogP contribution is -2.69. The minimum Gasteiger partial charge on any atom is -0.542 e. The molecule has 2 aliphatic rings. The number of carboxylic acid groups (broad SMARTS) is 1. The molecule has 4 bridgehead atoms. The van der Waals surface area contributed by atoms with Crippen LogP contribution in [0.2, 0.25) is 0 Å². The van der Waals surface area contributed by atoms with Crippen molar-refractivity contribution >= 4 is 35.3 Å². The fraction of sp³-hybridized carbons (Fsp3) is 0.393. The number of carbonyl (C=O) groups is 5. The average Bonchev–Trinajstić information content (AvgIpc) is 2.95. The summed E-state index contributed by atoms with van der Waals surface area (Å²) in [4.78, 5) is 71.2. The summed E-state index contributed by atoms with van der Waals surface area (Å²) in [5.74, 6) is -5.54. The summed E-state index contributed by atoms with van der Waals surface area (Å²) in [6, 6.07) is 6.23. The van der Waals surface area contributed by atoms with Gasteiger partial charge in [0.2, 0.25) is 23.5 Å². The summed E-state index contributed by atoms with van der Waals surface area (Å²) in [6.45, 7) is 5.15. The van der Waals surface area contributed by atoms with Crippen LogP contribution >= 0.6 is 0 Å². The second-order valence-corrected chi connectivity index (χ2v) is 10.7. The normalized spacial score (nSPS) is 19.0. The third-order valence-corrected chi connectivity index (χ3v) is 6.40. The number of rotatable bonds is 6. The summed E-state index contributed by atoms with van der Waals surface area (Å²) in [7, 11) is 0. The Hall–Kier alpha value is -5.26. The summed E-state index contributed by atoms with van der Waals surface area (Å²) in [5.41, 5.74) is 9.62. The molecule has 4 rings (SSSR count). The standard InChI is InChI=1S/C26H32N6O7.C2HF3O2/c1-13(2)9-19-25(35)31-22(26(36)29-14(3)23(28)33)16-5-4-6-17(12-16)39-21-8-7-15(11-20(21)32(37)38)10-18(27)24(34)30-19;3-2(4,5)1(6)7/h4-8,11-14,18-19,22H,9-10,27H2,1-3H3,(H2,28,33)(H,29,36)(H,30,34)(H,31,35);(H,6,7)/t14-,18+,19-,22+;/m0./s1. The highest BCUT2D eigenvalue weighted by molar-refractivity contribution is 5.95. The first-order valence-corrected chi connectivity index (χ1v) is 13.7. The lowest BCUT2D eigenvalue weighted by molar-refractivity contribution is -0.403. The quantitative estimate of drug-likeness (QED) is 0.199. The Labute approximate surface area is 260 Å². The second kappa shape index (κ2) is 15.6. The van der Waals surface area contributed by atoms with E-state index in [0.717, 1.165) is 0 Å². The predicted molar refractivity (Wildman–Crippen MR) is 150 cm³/mol. The molecular formula is C28H33F3N6O9. The van der Waals surface area contributed by atoms with Crippen LogP contribution in [-0.2, 0) is 30.4 Å². The lowest BCUT2D eigenvalue weighted by Gasteiger charge is -2.26. The first kappa shape index (κ1) is 36.9. The number of nitrogens with two attached hydrogens (primary N) is 1. The van der Waals surface area contributed by atoms with Crippen molar-refractivity contribution < 1.29 is 57.6 Å². The van der Waals surface area contributed by atoms with E-state index in [1.54, 1.807) is 24.3 Å². The molecule has 46 heavy (non-hydrogen) atoms. The molecule has 2 aromatic rings. The van der Waals surface area contributed by atoms with Crippen molar-refractivity contribution in [1.29, 1.82) is 0 Å². The molecule has 0 radical (unpaired) electrons. The maximum atomic E-state index is 13.4. The highest BCUT2D eigenvalue weighted by atomic mass is 19.4. The molecule has 0 aromatic heterocycles. The number of amides is 4. The topological polar surface area (TPSA) is 251 Å². The SMILES string of the molecule is CC(C)C[C@@H]1NC(=O)[C@H]([NH3+])Cc2ccc(c([N+](=O)[O-])c2)Oc2cccc(c2)[C@H](C(=O)N[C@@H](C)C(N)=O)NC1=O.O=C([O-])C(F)(F)F. The van der Waals surface area contributed by atoms with Crippen LogP contribution in [0.25, 0.3) is 0 Å². The predicted octanol–water partition coefficient (Wildman–Crippen LogP) is -0.469. The summed E-state index contributed by atoms with van der Waals surface area (Å²) in [5, 5.41) is 28.4. The first-order chi connectivity index (χ1) is 21.3. The van der Waals surface area contributed by atoms with Crippen LogP contribution < -0.4 is 37.3 Å². The smallest absolute Gasteiger partial charge is 0.430 e. The molecular weight excluding hydrogens is 621 g/mol. The van der Waals surface area contributed by atoms with Gasteiger partial charge in [0, 0.05) is 12.5 Å². The molecule has 4 atom stereocenters. The van der Waals surface area contributed by atoms with E-state index >= 15 is 0 Å². The Morgan fingerprint density at radius 3 is 2.28 bits per heavy atom. The van der Waals surface area contributed by atoms with Gasteiger partial charge in [0.15, 0.2) is 6.04 Å². The van der Waals surface area contributed by atoms with Crippen LogP contribution in [0.3, 0.4) is 0 Å². The van der Waals surface area contributed by atoms with Crippen molar-refractivity contribution in [2.45, 2.75) is 64.0 Å². The van der Waals surface area contributed by atoms with Crippen LogP contribution in [0.5, 0.6) is 11.5 Å². The van der Waals surface area contributed by atoms with Crippen molar-refractivity contribution in [3.8, 4) is 11.5 Å². The monoisotopic (exact) mass is 654 g/mol. The van der Waals surface area contributed by atoms with Crippen molar-refractivity contribution in [2.24, 2.45) is 11.7 Å². The molecule has 2 aliphatic heterocycles.